The summed E-state index contributed by atoms with van der Waals surface area (Å²) in [6.07, 6.45) is 1.96. The van der Waals surface area contributed by atoms with E-state index in [9.17, 15) is 4.79 Å². The number of benzene rings is 2. The van der Waals surface area contributed by atoms with Crippen LogP contribution < -0.4 is 4.90 Å². The summed E-state index contributed by atoms with van der Waals surface area (Å²) < 4.78 is 5.95. The Hall–Kier alpha value is -2.82. The van der Waals surface area contributed by atoms with Gasteiger partial charge in [-0.1, -0.05) is 12.1 Å². The van der Waals surface area contributed by atoms with Crippen molar-refractivity contribution in [2.24, 2.45) is 0 Å². The first-order valence-electron chi connectivity index (χ1n) is 10.2. The van der Waals surface area contributed by atoms with Crippen LogP contribution in [0.15, 0.2) is 52.9 Å². The number of fused-ring (bicyclic) bond motifs is 1. The van der Waals surface area contributed by atoms with Crippen molar-refractivity contribution in [2.45, 2.75) is 32.6 Å². The predicted octanol–water partition coefficient (Wildman–Crippen LogP) is 4.69. The number of piperidine rings is 1. The SMILES string of the molecule is CCN(CC)c1ccc(C(=O)N2CCCC(c3nc4ccccc4o3)C2)cc1. The van der Waals surface area contributed by atoms with E-state index in [2.05, 4.69) is 23.7 Å². The summed E-state index contributed by atoms with van der Waals surface area (Å²) in [6.45, 7) is 7.64. The van der Waals surface area contributed by atoms with Gasteiger partial charge >= 0.3 is 0 Å². The molecule has 0 radical (unpaired) electrons. The molecule has 28 heavy (non-hydrogen) atoms. The molecule has 1 unspecified atom stereocenters. The minimum Gasteiger partial charge on any atom is -0.440 e. The van der Waals surface area contributed by atoms with E-state index in [0.29, 0.717) is 6.54 Å². The molecule has 0 bridgehead atoms. The fourth-order valence-electron chi connectivity index (χ4n) is 4.01. The zero-order valence-electron chi connectivity index (χ0n) is 16.6. The average Bonchev–Trinajstić information content (AvgIpc) is 3.19. The van der Waals surface area contributed by atoms with Gasteiger partial charge < -0.3 is 14.2 Å². The summed E-state index contributed by atoms with van der Waals surface area (Å²) in [5, 5.41) is 0. The summed E-state index contributed by atoms with van der Waals surface area (Å²) in [7, 11) is 0. The molecular weight excluding hydrogens is 350 g/mol. The number of amides is 1. The highest BCUT2D eigenvalue weighted by atomic mass is 16.3. The normalized spacial score (nSPS) is 17.1. The summed E-state index contributed by atoms with van der Waals surface area (Å²) in [5.74, 6) is 0.988. The minimum atomic E-state index is 0.0897. The molecule has 1 fully saturated rings. The molecule has 5 heteroatoms. The lowest BCUT2D eigenvalue weighted by molar-refractivity contribution is 0.0699. The van der Waals surface area contributed by atoms with E-state index in [1.807, 2.05) is 53.4 Å². The highest BCUT2D eigenvalue weighted by Crippen LogP contribution is 2.29. The van der Waals surface area contributed by atoms with Crippen molar-refractivity contribution in [3.63, 3.8) is 0 Å². The number of aromatic nitrogens is 1. The van der Waals surface area contributed by atoms with Gasteiger partial charge in [-0.15, -0.1) is 0 Å². The molecule has 1 amide bonds. The van der Waals surface area contributed by atoms with Gasteiger partial charge in [-0.25, -0.2) is 4.98 Å². The van der Waals surface area contributed by atoms with Crippen LogP contribution >= 0.6 is 0 Å². The lowest BCUT2D eigenvalue weighted by Crippen LogP contribution is -2.39. The highest BCUT2D eigenvalue weighted by molar-refractivity contribution is 5.94. The Kier molecular flexibility index (Phi) is 5.33. The lowest BCUT2D eigenvalue weighted by Gasteiger charge is -2.31. The molecule has 3 aromatic rings. The molecule has 0 saturated carbocycles. The van der Waals surface area contributed by atoms with Gasteiger partial charge in [0.1, 0.15) is 5.52 Å². The van der Waals surface area contributed by atoms with Gasteiger partial charge in [-0.3, -0.25) is 4.79 Å². The van der Waals surface area contributed by atoms with Crippen molar-refractivity contribution in [2.75, 3.05) is 31.1 Å². The summed E-state index contributed by atoms with van der Waals surface area (Å²) in [6, 6.07) is 15.8. The van der Waals surface area contributed by atoms with Gasteiger partial charge in [0.2, 0.25) is 0 Å². The topological polar surface area (TPSA) is 49.6 Å². The number of anilines is 1. The largest absolute Gasteiger partial charge is 0.440 e. The van der Waals surface area contributed by atoms with Crippen molar-refractivity contribution in [3.05, 3.63) is 60.0 Å². The van der Waals surface area contributed by atoms with Gasteiger partial charge in [-0.2, -0.15) is 0 Å². The molecule has 0 N–H and O–H groups in total. The second kappa shape index (κ2) is 8.05. The molecule has 1 saturated heterocycles. The predicted molar refractivity (Wildman–Crippen MR) is 112 cm³/mol. The molecule has 1 aliphatic heterocycles. The lowest BCUT2D eigenvalue weighted by atomic mass is 9.97. The van der Waals surface area contributed by atoms with Gasteiger partial charge in [0, 0.05) is 37.4 Å². The molecule has 4 rings (SSSR count). The Morgan fingerprint density at radius 1 is 1.14 bits per heavy atom. The number of rotatable bonds is 5. The second-order valence-electron chi connectivity index (χ2n) is 7.33. The Morgan fingerprint density at radius 2 is 1.89 bits per heavy atom. The van der Waals surface area contributed by atoms with Gasteiger partial charge in [-0.05, 0) is 63.1 Å². The number of hydrogen-bond acceptors (Lipinski definition) is 4. The van der Waals surface area contributed by atoms with E-state index in [0.717, 1.165) is 60.7 Å². The first-order valence-corrected chi connectivity index (χ1v) is 10.2. The standard InChI is InChI=1S/C23H27N3O2/c1-3-25(4-2)19-13-11-17(12-14-19)23(27)26-15-7-8-18(16-26)22-24-20-9-5-6-10-21(20)28-22/h5-6,9-14,18H,3-4,7-8,15-16H2,1-2H3. The third-order valence-corrected chi connectivity index (χ3v) is 5.61. The zero-order valence-corrected chi connectivity index (χ0v) is 16.6. The molecule has 1 aliphatic rings. The summed E-state index contributed by atoms with van der Waals surface area (Å²) in [5.41, 5.74) is 3.60. The van der Waals surface area contributed by atoms with Crippen LogP contribution in [0.4, 0.5) is 5.69 Å². The minimum absolute atomic E-state index is 0.0897. The Bertz CT molecular complexity index is 911. The van der Waals surface area contributed by atoms with Gasteiger partial charge in [0.05, 0.1) is 5.92 Å². The molecule has 1 aromatic heterocycles. The molecule has 5 nitrogen and oxygen atoms in total. The third-order valence-electron chi connectivity index (χ3n) is 5.61. The molecule has 0 spiro atoms. The van der Waals surface area contributed by atoms with Gasteiger partial charge in [0.15, 0.2) is 11.5 Å². The van der Waals surface area contributed by atoms with E-state index in [-0.39, 0.29) is 11.8 Å². The molecule has 0 aliphatic carbocycles. The second-order valence-corrected chi connectivity index (χ2v) is 7.33. The van der Waals surface area contributed by atoms with Crippen molar-refractivity contribution in [1.82, 2.24) is 9.88 Å². The monoisotopic (exact) mass is 377 g/mol. The first-order chi connectivity index (χ1) is 13.7. The molecule has 146 valence electrons. The number of likely N-dealkylation sites (tertiary alicyclic amines) is 1. The van der Waals surface area contributed by atoms with Crippen molar-refractivity contribution < 1.29 is 9.21 Å². The average molecular weight is 377 g/mol. The van der Waals surface area contributed by atoms with Gasteiger partial charge in [0.25, 0.3) is 5.91 Å². The van der Waals surface area contributed by atoms with Crippen LogP contribution in [0, 0.1) is 0 Å². The highest BCUT2D eigenvalue weighted by Gasteiger charge is 2.28. The number of nitrogens with zero attached hydrogens (tertiary/aromatic N) is 3. The maximum absolute atomic E-state index is 13.0. The number of oxazole rings is 1. The zero-order chi connectivity index (χ0) is 19.5. The van der Waals surface area contributed by atoms with E-state index >= 15 is 0 Å². The number of carbonyl (C=O) groups is 1. The van der Waals surface area contributed by atoms with E-state index in [1.165, 1.54) is 0 Å². The van der Waals surface area contributed by atoms with Crippen LogP contribution in [0.1, 0.15) is 48.9 Å². The van der Waals surface area contributed by atoms with Crippen LogP contribution in [-0.4, -0.2) is 42.0 Å². The fourth-order valence-corrected chi connectivity index (χ4v) is 4.01. The molecule has 2 heterocycles. The smallest absolute Gasteiger partial charge is 0.253 e. The number of hydrogen-bond donors (Lipinski definition) is 0. The van der Waals surface area contributed by atoms with Crippen molar-refractivity contribution in [1.29, 1.82) is 0 Å². The van der Waals surface area contributed by atoms with Crippen LogP contribution in [0.3, 0.4) is 0 Å². The summed E-state index contributed by atoms with van der Waals surface area (Å²) >= 11 is 0. The Balaban J connectivity index is 1.48. The summed E-state index contributed by atoms with van der Waals surface area (Å²) in [4.78, 5) is 21.9. The van der Waals surface area contributed by atoms with Crippen LogP contribution in [0.5, 0.6) is 0 Å². The number of para-hydroxylation sites is 2. The fraction of sp³-hybridized carbons (Fsp3) is 0.391. The van der Waals surface area contributed by atoms with Crippen LogP contribution in [0.2, 0.25) is 0 Å². The maximum Gasteiger partial charge on any atom is 0.253 e. The van der Waals surface area contributed by atoms with Crippen LogP contribution in [-0.2, 0) is 0 Å². The Morgan fingerprint density at radius 3 is 2.61 bits per heavy atom. The third kappa shape index (κ3) is 3.61. The quantitative estimate of drug-likeness (QED) is 0.647. The maximum atomic E-state index is 13.0. The molecule has 2 aromatic carbocycles. The first kappa shape index (κ1) is 18.5. The van der Waals surface area contributed by atoms with E-state index in [1.54, 1.807) is 0 Å². The van der Waals surface area contributed by atoms with Crippen LogP contribution in [0.25, 0.3) is 11.1 Å². The van der Waals surface area contributed by atoms with E-state index < -0.39 is 0 Å². The van der Waals surface area contributed by atoms with Crippen molar-refractivity contribution >= 4 is 22.7 Å². The number of carbonyl (C=O) groups excluding carboxylic acids is 1. The molecule has 1 atom stereocenters. The molecular formula is C23H27N3O2. The van der Waals surface area contributed by atoms with E-state index in [4.69, 9.17) is 4.42 Å². The van der Waals surface area contributed by atoms with Crippen molar-refractivity contribution in [3.8, 4) is 0 Å². The Labute approximate surface area is 166 Å².